The lowest BCUT2D eigenvalue weighted by atomic mass is 9.95. The molecule has 0 heterocycles. The molecule has 2 aromatic rings. The van der Waals surface area contributed by atoms with Crippen LogP contribution in [0.1, 0.15) is 37.7 Å². The zero-order chi connectivity index (χ0) is 18.2. The maximum Gasteiger partial charge on any atom is 0.258 e. The molecule has 1 N–H and O–H groups in total. The highest BCUT2D eigenvalue weighted by molar-refractivity contribution is 5.82. The van der Waals surface area contributed by atoms with E-state index in [1.165, 1.54) is 31.4 Å². The normalized spacial score (nSPS) is 15.1. The lowest BCUT2D eigenvalue weighted by molar-refractivity contribution is -0.124. The van der Waals surface area contributed by atoms with Crippen LogP contribution in [0.2, 0.25) is 0 Å². The van der Waals surface area contributed by atoms with E-state index in [0.717, 1.165) is 18.4 Å². The Kier molecular flexibility index (Phi) is 6.36. The molecule has 0 radical (unpaired) electrons. The monoisotopic (exact) mass is 354 g/mol. The topological polar surface area (TPSA) is 50.7 Å². The lowest BCUT2D eigenvalue weighted by Crippen LogP contribution is -2.38. The summed E-state index contributed by atoms with van der Waals surface area (Å²) in [4.78, 5) is 16.2. The predicted octanol–water partition coefficient (Wildman–Crippen LogP) is 4.40. The third-order valence-electron chi connectivity index (χ3n) is 4.41. The number of halogens is 1. The first-order chi connectivity index (χ1) is 12.7. The maximum atomic E-state index is 12.9. The van der Waals surface area contributed by atoms with Crippen molar-refractivity contribution in [3.05, 3.63) is 59.9 Å². The minimum Gasteiger partial charge on any atom is -0.484 e. The van der Waals surface area contributed by atoms with Gasteiger partial charge in [0, 0.05) is 12.3 Å². The highest BCUT2D eigenvalue weighted by atomic mass is 19.1. The van der Waals surface area contributed by atoms with E-state index in [9.17, 15) is 9.18 Å². The van der Waals surface area contributed by atoms with Crippen LogP contribution in [0.5, 0.6) is 5.75 Å². The molecule has 1 aliphatic carbocycles. The smallest absolute Gasteiger partial charge is 0.258 e. The van der Waals surface area contributed by atoms with Crippen LogP contribution >= 0.6 is 0 Å². The molecular weight excluding hydrogens is 331 g/mol. The Morgan fingerprint density at radius 2 is 1.77 bits per heavy atom. The Balaban J connectivity index is 1.46. The van der Waals surface area contributed by atoms with Crippen molar-refractivity contribution in [3.8, 4) is 5.75 Å². The summed E-state index contributed by atoms with van der Waals surface area (Å²) in [6, 6.07) is 13.6. The quantitative estimate of drug-likeness (QED) is 0.782. The second kappa shape index (κ2) is 9.13. The number of benzene rings is 2. The van der Waals surface area contributed by atoms with Crippen LogP contribution < -0.4 is 10.1 Å². The highest BCUT2D eigenvalue weighted by Gasteiger charge is 2.15. The van der Waals surface area contributed by atoms with Gasteiger partial charge in [0.1, 0.15) is 11.6 Å². The standard InChI is InChI=1S/C21H23FN2O2/c22-17-8-10-18(11-9-17)23-14-16-6-12-20(13-7-16)26-15-21(25)24-19-4-2-1-3-5-19/h6-14,19H,1-5,15H2,(H,24,25). The fraction of sp³-hybridized carbons (Fsp3) is 0.333. The van der Waals surface area contributed by atoms with Gasteiger partial charge >= 0.3 is 0 Å². The van der Waals surface area contributed by atoms with Gasteiger partial charge in [-0.2, -0.15) is 0 Å². The van der Waals surface area contributed by atoms with Gasteiger partial charge in [0.05, 0.1) is 5.69 Å². The zero-order valence-corrected chi connectivity index (χ0v) is 14.7. The molecule has 0 unspecified atom stereocenters. The average Bonchev–Trinajstić information content (AvgIpc) is 2.67. The fourth-order valence-corrected chi connectivity index (χ4v) is 2.99. The summed E-state index contributed by atoms with van der Waals surface area (Å²) in [7, 11) is 0. The van der Waals surface area contributed by atoms with Crippen molar-refractivity contribution in [3.63, 3.8) is 0 Å². The van der Waals surface area contributed by atoms with Gasteiger partial charge in [-0.25, -0.2) is 4.39 Å². The summed E-state index contributed by atoms with van der Waals surface area (Å²) >= 11 is 0. The van der Waals surface area contributed by atoms with Crippen LogP contribution in [0, 0.1) is 5.82 Å². The molecule has 26 heavy (non-hydrogen) atoms. The van der Waals surface area contributed by atoms with Crippen molar-refractivity contribution >= 4 is 17.8 Å². The van der Waals surface area contributed by atoms with E-state index in [2.05, 4.69) is 10.3 Å². The first-order valence-electron chi connectivity index (χ1n) is 9.01. The Morgan fingerprint density at radius 1 is 1.08 bits per heavy atom. The van der Waals surface area contributed by atoms with Crippen LogP contribution in [0.15, 0.2) is 53.5 Å². The lowest BCUT2D eigenvalue weighted by Gasteiger charge is -2.22. The summed E-state index contributed by atoms with van der Waals surface area (Å²) in [5.41, 5.74) is 1.58. The molecule has 0 bridgehead atoms. The van der Waals surface area contributed by atoms with E-state index in [0.29, 0.717) is 17.5 Å². The molecule has 0 spiro atoms. The number of nitrogens with zero attached hydrogens (tertiary/aromatic N) is 1. The number of rotatable bonds is 6. The van der Waals surface area contributed by atoms with Crippen molar-refractivity contribution in [2.45, 2.75) is 38.1 Å². The second-order valence-electron chi connectivity index (χ2n) is 6.49. The molecule has 0 aromatic heterocycles. The number of hydrogen-bond donors (Lipinski definition) is 1. The molecule has 0 atom stereocenters. The van der Waals surface area contributed by atoms with Crippen molar-refractivity contribution in [1.82, 2.24) is 5.32 Å². The van der Waals surface area contributed by atoms with Gasteiger partial charge in [0.2, 0.25) is 0 Å². The van der Waals surface area contributed by atoms with E-state index in [4.69, 9.17) is 4.74 Å². The highest BCUT2D eigenvalue weighted by Crippen LogP contribution is 2.17. The SMILES string of the molecule is O=C(COc1ccc(C=Nc2ccc(F)cc2)cc1)NC1CCCCC1. The summed E-state index contributed by atoms with van der Waals surface area (Å²) in [6.45, 7) is 0.0273. The average molecular weight is 354 g/mol. The summed E-state index contributed by atoms with van der Waals surface area (Å²) in [5, 5.41) is 3.03. The maximum absolute atomic E-state index is 12.9. The Morgan fingerprint density at radius 3 is 2.46 bits per heavy atom. The number of hydrogen-bond acceptors (Lipinski definition) is 3. The minimum absolute atomic E-state index is 0.0273. The van der Waals surface area contributed by atoms with Gasteiger partial charge < -0.3 is 10.1 Å². The number of aliphatic imine (C=N–C) groups is 1. The van der Waals surface area contributed by atoms with E-state index >= 15 is 0 Å². The molecular formula is C21H23FN2O2. The molecule has 5 heteroatoms. The van der Waals surface area contributed by atoms with E-state index in [-0.39, 0.29) is 18.3 Å². The fourth-order valence-electron chi connectivity index (χ4n) is 2.99. The molecule has 1 saturated carbocycles. The van der Waals surface area contributed by atoms with Crippen LogP contribution in [-0.2, 0) is 4.79 Å². The van der Waals surface area contributed by atoms with Crippen molar-refractivity contribution < 1.29 is 13.9 Å². The third kappa shape index (κ3) is 5.69. The predicted molar refractivity (Wildman–Crippen MR) is 101 cm³/mol. The minimum atomic E-state index is -0.280. The Hall–Kier alpha value is -2.69. The van der Waals surface area contributed by atoms with Gasteiger partial charge in [-0.3, -0.25) is 9.79 Å². The first kappa shape index (κ1) is 18.1. The molecule has 1 aliphatic rings. The number of nitrogens with one attached hydrogen (secondary N) is 1. The van der Waals surface area contributed by atoms with Gasteiger partial charge in [-0.15, -0.1) is 0 Å². The molecule has 2 aromatic carbocycles. The van der Waals surface area contributed by atoms with E-state index < -0.39 is 0 Å². The van der Waals surface area contributed by atoms with Gasteiger partial charge in [0.15, 0.2) is 6.61 Å². The third-order valence-corrected chi connectivity index (χ3v) is 4.41. The van der Waals surface area contributed by atoms with Crippen molar-refractivity contribution in [1.29, 1.82) is 0 Å². The van der Waals surface area contributed by atoms with Crippen molar-refractivity contribution in [2.75, 3.05) is 6.61 Å². The number of carbonyl (C=O) groups is 1. The Bertz CT molecular complexity index is 736. The summed E-state index contributed by atoms with van der Waals surface area (Å²) in [5.74, 6) is 0.291. The van der Waals surface area contributed by atoms with Gasteiger partial charge in [-0.05, 0) is 66.9 Å². The molecule has 1 amide bonds. The van der Waals surface area contributed by atoms with Crippen molar-refractivity contribution in [2.24, 2.45) is 4.99 Å². The zero-order valence-electron chi connectivity index (χ0n) is 14.7. The van der Waals surface area contributed by atoms with Gasteiger partial charge in [-0.1, -0.05) is 19.3 Å². The van der Waals surface area contributed by atoms with E-state index in [1.807, 2.05) is 12.1 Å². The largest absolute Gasteiger partial charge is 0.484 e. The number of amides is 1. The molecule has 4 nitrogen and oxygen atoms in total. The molecule has 0 aliphatic heterocycles. The van der Waals surface area contributed by atoms with Crippen LogP contribution in [-0.4, -0.2) is 24.8 Å². The van der Waals surface area contributed by atoms with Crippen LogP contribution in [0.4, 0.5) is 10.1 Å². The summed E-state index contributed by atoms with van der Waals surface area (Å²) < 4.78 is 18.4. The number of ether oxygens (including phenoxy) is 1. The molecule has 0 saturated heterocycles. The molecule has 136 valence electrons. The second-order valence-corrected chi connectivity index (χ2v) is 6.49. The first-order valence-corrected chi connectivity index (χ1v) is 9.01. The molecule has 1 fully saturated rings. The molecule has 3 rings (SSSR count). The number of carbonyl (C=O) groups excluding carboxylic acids is 1. The summed E-state index contributed by atoms with van der Waals surface area (Å²) in [6.07, 6.45) is 7.47. The Labute approximate surface area is 153 Å². The van der Waals surface area contributed by atoms with Crippen LogP contribution in [0.25, 0.3) is 0 Å². The van der Waals surface area contributed by atoms with Crippen LogP contribution in [0.3, 0.4) is 0 Å². The van der Waals surface area contributed by atoms with Gasteiger partial charge in [0.25, 0.3) is 5.91 Å². The van der Waals surface area contributed by atoms with E-state index in [1.54, 1.807) is 30.5 Å².